The standard InChI is InChI=1S/C26H32OS/c1-20(10-9-11-21(2)18-19-27)14-16-24-22(3)15-17-25(26(24,4)5)28-23-12-7-6-8-13-23/h6-14,16,18-19,25H,15,17H2,1-5H3/b11-9+,16-14+,20-10+,21-18+. The lowest BCUT2D eigenvalue weighted by atomic mass is 9.72. The van der Waals surface area contributed by atoms with Gasteiger partial charge in [0.1, 0.15) is 6.29 Å². The third-order valence-electron chi connectivity index (χ3n) is 5.32. The largest absolute Gasteiger partial charge is 0.299 e. The number of benzene rings is 1. The molecule has 1 aromatic rings. The first-order valence-electron chi connectivity index (χ1n) is 9.91. The highest BCUT2D eigenvalue weighted by Crippen LogP contribution is 2.48. The molecule has 0 amide bonds. The van der Waals surface area contributed by atoms with E-state index in [9.17, 15) is 4.79 Å². The Morgan fingerprint density at radius 2 is 1.75 bits per heavy atom. The highest BCUT2D eigenvalue weighted by Gasteiger charge is 2.36. The second kappa shape index (κ2) is 10.5. The summed E-state index contributed by atoms with van der Waals surface area (Å²) < 4.78 is 0. The van der Waals surface area contributed by atoms with E-state index >= 15 is 0 Å². The minimum atomic E-state index is 0.124. The van der Waals surface area contributed by atoms with Crippen molar-refractivity contribution in [1.82, 2.24) is 0 Å². The highest BCUT2D eigenvalue weighted by atomic mass is 32.2. The summed E-state index contributed by atoms with van der Waals surface area (Å²) in [5.74, 6) is 0. The number of hydrogen-bond acceptors (Lipinski definition) is 2. The van der Waals surface area contributed by atoms with Crippen molar-refractivity contribution in [3.63, 3.8) is 0 Å². The average molecular weight is 393 g/mol. The van der Waals surface area contributed by atoms with Gasteiger partial charge in [-0.2, -0.15) is 0 Å². The maximum atomic E-state index is 10.5. The molecule has 1 aliphatic carbocycles. The van der Waals surface area contributed by atoms with E-state index in [4.69, 9.17) is 0 Å². The topological polar surface area (TPSA) is 17.1 Å². The van der Waals surface area contributed by atoms with Crippen LogP contribution in [0, 0.1) is 5.41 Å². The van der Waals surface area contributed by atoms with Crippen molar-refractivity contribution in [2.45, 2.75) is 57.6 Å². The summed E-state index contributed by atoms with van der Waals surface area (Å²) in [4.78, 5) is 11.8. The molecule has 0 N–H and O–H groups in total. The molecule has 0 fully saturated rings. The van der Waals surface area contributed by atoms with Gasteiger partial charge in [-0.3, -0.25) is 4.79 Å². The maximum Gasteiger partial charge on any atom is 0.143 e. The van der Waals surface area contributed by atoms with Crippen molar-refractivity contribution >= 4 is 18.0 Å². The molecule has 0 spiro atoms. The third-order valence-corrected chi connectivity index (χ3v) is 6.98. The van der Waals surface area contributed by atoms with E-state index in [-0.39, 0.29) is 5.41 Å². The summed E-state index contributed by atoms with van der Waals surface area (Å²) in [6.07, 6.45) is 15.3. The van der Waals surface area contributed by atoms with Crippen molar-refractivity contribution in [2.75, 3.05) is 0 Å². The predicted octanol–water partition coefficient (Wildman–Crippen LogP) is 7.49. The zero-order valence-corrected chi connectivity index (χ0v) is 18.6. The van der Waals surface area contributed by atoms with Crippen LogP contribution in [0.4, 0.5) is 0 Å². The van der Waals surface area contributed by atoms with Gasteiger partial charge in [0.15, 0.2) is 0 Å². The summed E-state index contributed by atoms with van der Waals surface area (Å²) in [5.41, 5.74) is 5.23. The smallest absolute Gasteiger partial charge is 0.143 e. The second-order valence-electron chi connectivity index (χ2n) is 8.02. The van der Waals surface area contributed by atoms with Crippen LogP contribution < -0.4 is 0 Å². The zero-order valence-electron chi connectivity index (χ0n) is 17.7. The van der Waals surface area contributed by atoms with E-state index in [1.54, 1.807) is 6.08 Å². The molecule has 0 bridgehead atoms. The number of thioether (sulfide) groups is 1. The van der Waals surface area contributed by atoms with Gasteiger partial charge in [-0.25, -0.2) is 0 Å². The van der Waals surface area contributed by atoms with Gasteiger partial charge in [0.25, 0.3) is 0 Å². The molecule has 1 nitrogen and oxygen atoms in total. The lowest BCUT2D eigenvalue weighted by Crippen LogP contribution is -2.32. The number of hydrogen-bond donors (Lipinski definition) is 0. The van der Waals surface area contributed by atoms with Crippen LogP contribution in [0.3, 0.4) is 0 Å². The first-order chi connectivity index (χ1) is 13.3. The Morgan fingerprint density at radius 3 is 2.43 bits per heavy atom. The van der Waals surface area contributed by atoms with Crippen LogP contribution in [0.25, 0.3) is 0 Å². The van der Waals surface area contributed by atoms with Gasteiger partial charge >= 0.3 is 0 Å². The summed E-state index contributed by atoms with van der Waals surface area (Å²) in [7, 11) is 0. The fourth-order valence-corrected chi connectivity index (χ4v) is 4.88. The lowest BCUT2D eigenvalue weighted by molar-refractivity contribution is -0.104. The quantitative estimate of drug-likeness (QED) is 0.272. The molecule has 1 unspecified atom stereocenters. The van der Waals surface area contributed by atoms with Crippen molar-refractivity contribution < 1.29 is 4.79 Å². The molecule has 0 radical (unpaired) electrons. The van der Waals surface area contributed by atoms with Gasteiger partial charge in [0, 0.05) is 15.6 Å². The van der Waals surface area contributed by atoms with Crippen LogP contribution in [0.15, 0.2) is 94.0 Å². The Kier molecular flexibility index (Phi) is 8.32. The normalized spacial score (nSPS) is 21.0. The minimum absolute atomic E-state index is 0.124. The van der Waals surface area contributed by atoms with Crippen molar-refractivity contribution in [3.8, 4) is 0 Å². The molecule has 2 heteroatoms. The highest BCUT2D eigenvalue weighted by molar-refractivity contribution is 8.00. The molecule has 0 heterocycles. The van der Waals surface area contributed by atoms with E-state index in [0.29, 0.717) is 5.25 Å². The Morgan fingerprint density at radius 1 is 1.07 bits per heavy atom. The predicted molar refractivity (Wildman–Crippen MR) is 124 cm³/mol. The molecule has 148 valence electrons. The minimum Gasteiger partial charge on any atom is -0.299 e. The number of carbonyl (C=O) groups excluding carboxylic acids is 1. The average Bonchev–Trinajstić information content (AvgIpc) is 2.65. The lowest BCUT2D eigenvalue weighted by Gasteiger charge is -2.40. The van der Waals surface area contributed by atoms with Crippen molar-refractivity contribution in [1.29, 1.82) is 0 Å². The van der Waals surface area contributed by atoms with Crippen LogP contribution in [0.1, 0.15) is 47.5 Å². The molecule has 1 atom stereocenters. The Balaban J connectivity index is 2.15. The van der Waals surface area contributed by atoms with Crippen molar-refractivity contribution in [3.05, 3.63) is 89.1 Å². The molecule has 0 aromatic heterocycles. The molecule has 1 aliphatic rings. The summed E-state index contributed by atoms with van der Waals surface area (Å²) in [6, 6.07) is 10.7. The number of carbonyl (C=O) groups is 1. The SMILES string of the molecule is CC1=C(/C=C/C(C)=C/C=C/C(C)=C/C=O)C(C)(C)C(Sc2ccccc2)CC1. The fraction of sp³-hybridized carbons (Fsp3) is 0.346. The molecule has 28 heavy (non-hydrogen) atoms. The van der Waals surface area contributed by atoms with Crippen LogP contribution in [-0.2, 0) is 4.79 Å². The summed E-state index contributed by atoms with van der Waals surface area (Å²) in [6.45, 7) is 11.1. The fourth-order valence-electron chi connectivity index (χ4n) is 3.58. The Labute approximate surface area is 175 Å². The molecule has 0 saturated carbocycles. The van der Waals surface area contributed by atoms with E-state index in [0.717, 1.165) is 18.3 Å². The van der Waals surface area contributed by atoms with Gasteiger partial charge in [0.05, 0.1) is 0 Å². The first kappa shape index (κ1) is 22.2. The van der Waals surface area contributed by atoms with Crippen LogP contribution >= 0.6 is 11.8 Å². The van der Waals surface area contributed by atoms with Gasteiger partial charge in [-0.1, -0.05) is 73.6 Å². The molecule has 0 aliphatic heterocycles. The van der Waals surface area contributed by atoms with Crippen LogP contribution in [0.2, 0.25) is 0 Å². The summed E-state index contributed by atoms with van der Waals surface area (Å²) >= 11 is 2.00. The first-order valence-corrected chi connectivity index (χ1v) is 10.8. The second-order valence-corrected chi connectivity index (χ2v) is 9.30. The zero-order chi connectivity index (χ0) is 20.6. The molecular weight excluding hydrogens is 360 g/mol. The molecule has 1 aromatic carbocycles. The Bertz CT molecular complexity index is 819. The molecular formula is C26H32OS. The van der Waals surface area contributed by atoms with E-state index in [2.05, 4.69) is 76.3 Å². The molecule has 0 saturated heterocycles. The molecule has 2 rings (SSSR count). The number of allylic oxidation sites excluding steroid dienone is 10. The van der Waals surface area contributed by atoms with Gasteiger partial charge in [-0.15, -0.1) is 11.8 Å². The summed E-state index contributed by atoms with van der Waals surface area (Å²) in [5, 5.41) is 0.568. The number of rotatable bonds is 7. The maximum absolute atomic E-state index is 10.5. The monoisotopic (exact) mass is 392 g/mol. The van der Waals surface area contributed by atoms with Crippen LogP contribution in [0.5, 0.6) is 0 Å². The van der Waals surface area contributed by atoms with E-state index < -0.39 is 0 Å². The van der Waals surface area contributed by atoms with E-state index in [1.165, 1.54) is 28.0 Å². The van der Waals surface area contributed by atoms with Crippen LogP contribution in [-0.4, -0.2) is 11.5 Å². The van der Waals surface area contributed by atoms with Gasteiger partial charge < -0.3 is 0 Å². The van der Waals surface area contributed by atoms with Gasteiger partial charge in [0.2, 0.25) is 0 Å². The van der Waals surface area contributed by atoms with Gasteiger partial charge in [-0.05, 0) is 63.0 Å². The number of aldehydes is 1. The Hall–Kier alpha value is -2.06. The van der Waals surface area contributed by atoms with E-state index in [1.807, 2.05) is 30.8 Å². The third kappa shape index (κ3) is 6.24. The van der Waals surface area contributed by atoms with Crippen molar-refractivity contribution in [2.24, 2.45) is 5.41 Å².